The molecule has 0 fully saturated rings. The number of oxime groups is 1. The van der Waals surface area contributed by atoms with Crippen molar-refractivity contribution in [3.05, 3.63) is 64.9 Å². The van der Waals surface area contributed by atoms with Gasteiger partial charge in [-0.3, -0.25) is 4.79 Å². The first-order valence-corrected chi connectivity index (χ1v) is 8.91. The summed E-state index contributed by atoms with van der Waals surface area (Å²) in [6, 6.07) is 13.1. The molecule has 0 spiro atoms. The summed E-state index contributed by atoms with van der Waals surface area (Å²) in [7, 11) is 1.68. The predicted octanol–water partition coefficient (Wildman–Crippen LogP) is 3.90. The molecular weight excluding hydrogens is 371 g/mol. The minimum atomic E-state index is -1.08. The summed E-state index contributed by atoms with van der Waals surface area (Å²) >= 11 is 6.20. The minimum absolute atomic E-state index is 0.198. The van der Waals surface area contributed by atoms with Crippen molar-refractivity contribution in [3.63, 3.8) is 0 Å². The Bertz CT molecular complexity index is 857. The molecule has 2 aromatic carbocycles. The number of likely N-dealkylation sites (N-methyl/N-ethyl adjacent to an activating group) is 1. The zero-order chi connectivity index (χ0) is 19.4. The third kappa shape index (κ3) is 4.39. The lowest BCUT2D eigenvalue weighted by Gasteiger charge is -2.27. The molecule has 0 aliphatic carbocycles. The molecule has 1 aliphatic heterocycles. The lowest BCUT2D eigenvalue weighted by molar-refractivity contribution is -0.152. The first-order chi connectivity index (χ1) is 12.9. The van der Waals surface area contributed by atoms with Gasteiger partial charge < -0.3 is 14.5 Å². The molecule has 0 radical (unpaired) electrons. The molecule has 0 saturated carbocycles. The highest BCUT2D eigenvalue weighted by Gasteiger charge is 2.44. The maximum Gasteiger partial charge on any atom is 0.269 e. The van der Waals surface area contributed by atoms with Crippen LogP contribution < -0.4 is 4.74 Å². The second kappa shape index (κ2) is 7.96. The number of carbonyl (C=O) groups excluding carboxylic acids is 1. The second-order valence-corrected chi connectivity index (χ2v) is 6.95. The highest BCUT2D eigenvalue weighted by molar-refractivity contribution is 6.34. The summed E-state index contributed by atoms with van der Waals surface area (Å²) in [6.45, 7) is 2.35. The summed E-state index contributed by atoms with van der Waals surface area (Å²) in [5.74, 6) is 0.0243. The number of amides is 1. The summed E-state index contributed by atoms with van der Waals surface area (Å²) in [5.41, 5.74) is 0.324. The van der Waals surface area contributed by atoms with E-state index in [2.05, 4.69) is 5.16 Å². The Kier molecular flexibility index (Phi) is 5.65. The van der Waals surface area contributed by atoms with Crippen molar-refractivity contribution >= 4 is 23.2 Å². The van der Waals surface area contributed by atoms with E-state index in [0.717, 1.165) is 5.56 Å². The van der Waals surface area contributed by atoms with Gasteiger partial charge in [-0.1, -0.05) is 35.0 Å². The van der Waals surface area contributed by atoms with Crippen molar-refractivity contribution in [1.82, 2.24) is 4.90 Å². The van der Waals surface area contributed by atoms with E-state index in [9.17, 15) is 9.18 Å². The van der Waals surface area contributed by atoms with Gasteiger partial charge in [0.2, 0.25) is 5.60 Å². The molecular formula is C20H20ClFN2O3. The highest BCUT2D eigenvalue weighted by atomic mass is 35.5. The molecule has 0 unspecified atom stereocenters. The molecule has 1 heterocycles. The number of nitrogens with zero attached hydrogens (tertiary/aromatic N) is 2. The lowest BCUT2D eigenvalue weighted by Crippen LogP contribution is -2.46. The first-order valence-electron chi connectivity index (χ1n) is 8.53. The van der Waals surface area contributed by atoms with E-state index in [1.54, 1.807) is 32.2 Å². The molecule has 142 valence electrons. The summed E-state index contributed by atoms with van der Waals surface area (Å²) in [4.78, 5) is 19.8. The van der Waals surface area contributed by atoms with Gasteiger partial charge in [0.15, 0.2) is 0 Å². The van der Waals surface area contributed by atoms with Gasteiger partial charge in [-0.15, -0.1) is 0 Å². The Morgan fingerprint density at radius 3 is 2.70 bits per heavy atom. The number of benzene rings is 2. The molecule has 1 amide bonds. The molecule has 1 atom stereocenters. The van der Waals surface area contributed by atoms with E-state index in [-0.39, 0.29) is 18.3 Å². The van der Waals surface area contributed by atoms with Crippen molar-refractivity contribution in [2.45, 2.75) is 18.9 Å². The number of halogens is 2. The number of hydrogen-bond acceptors (Lipinski definition) is 4. The monoisotopic (exact) mass is 390 g/mol. The van der Waals surface area contributed by atoms with Gasteiger partial charge in [-0.05, 0) is 37.3 Å². The molecule has 27 heavy (non-hydrogen) atoms. The number of rotatable bonds is 6. The van der Waals surface area contributed by atoms with Crippen molar-refractivity contribution < 1.29 is 18.8 Å². The standard InChI is InChI=1S/C20H20ClFN2O3/c1-20(13-18(23-27-20)16-5-3-4-6-17(16)21)19(25)24(2)11-12-26-15-9-7-14(22)8-10-15/h3-10H,11-13H2,1-2H3/t20-/m0/s1. The number of ether oxygens (including phenoxy) is 1. The SMILES string of the molecule is CN(CCOc1ccc(F)cc1)C(=O)[C@]1(C)CC(c2ccccc2Cl)=NO1. The van der Waals surface area contributed by atoms with Crippen LogP contribution in [0.15, 0.2) is 53.7 Å². The summed E-state index contributed by atoms with van der Waals surface area (Å²) in [6.07, 6.45) is 0.332. The fourth-order valence-corrected chi connectivity index (χ4v) is 3.08. The molecule has 2 aromatic rings. The number of hydrogen-bond donors (Lipinski definition) is 0. The normalized spacial score (nSPS) is 18.6. The van der Waals surface area contributed by atoms with Gasteiger partial charge in [0.1, 0.15) is 18.2 Å². The molecule has 7 heteroatoms. The van der Waals surface area contributed by atoms with Crippen molar-refractivity contribution in [1.29, 1.82) is 0 Å². The molecule has 3 rings (SSSR count). The number of carbonyl (C=O) groups is 1. The summed E-state index contributed by atoms with van der Waals surface area (Å²) in [5, 5.41) is 4.64. The Hall–Kier alpha value is -2.60. The van der Waals surface area contributed by atoms with Crippen molar-refractivity contribution in [2.24, 2.45) is 5.16 Å². The Labute approximate surface area is 162 Å². The summed E-state index contributed by atoms with van der Waals surface area (Å²) < 4.78 is 18.4. The Morgan fingerprint density at radius 2 is 2.00 bits per heavy atom. The Morgan fingerprint density at radius 1 is 1.30 bits per heavy atom. The van der Waals surface area contributed by atoms with E-state index in [0.29, 0.717) is 29.4 Å². The zero-order valence-electron chi connectivity index (χ0n) is 15.1. The average molecular weight is 391 g/mol. The van der Waals surface area contributed by atoms with Crippen LogP contribution in [0.3, 0.4) is 0 Å². The molecule has 0 N–H and O–H groups in total. The van der Waals surface area contributed by atoms with E-state index in [4.69, 9.17) is 21.2 Å². The first kappa shape index (κ1) is 19.2. The molecule has 5 nitrogen and oxygen atoms in total. The molecule has 0 bridgehead atoms. The van der Waals surface area contributed by atoms with Gasteiger partial charge in [0.25, 0.3) is 5.91 Å². The van der Waals surface area contributed by atoms with Crippen LogP contribution in [-0.4, -0.2) is 42.3 Å². The van der Waals surface area contributed by atoms with Crippen LogP contribution in [0.2, 0.25) is 5.02 Å². The third-order valence-electron chi connectivity index (χ3n) is 4.36. The largest absolute Gasteiger partial charge is 0.492 e. The molecule has 1 aliphatic rings. The highest BCUT2D eigenvalue weighted by Crippen LogP contribution is 2.30. The van der Waals surface area contributed by atoms with Crippen LogP contribution in [0.1, 0.15) is 18.9 Å². The topological polar surface area (TPSA) is 51.1 Å². The van der Waals surface area contributed by atoms with Gasteiger partial charge in [0, 0.05) is 24.1 Å². The fourth-order valence-electron chi connectivity index (χ4n) is 2.83. The lowest BCUT2D eigenvalue weighted by atomic mass is 9.94. The maximum absolute atomic E-state index is 12.9. The van der Waals surface area contributed by atoms with Crippen LogP contribution in [-0.2, 0) is 9.63 Å². The van der Waals surface area contributed by atoms with Gasteiger partial charge in [0.05, 0.1) is 12.3 Å². The van der Waals surface area contributed by atoms with Crippen LogP contribution in [0, 0.1) is 5.82 Å². The van der Waals surface area contributed by atoms with E-state index >= 15 is 0 Å². The van der Waals surface area contributed by atoms with E-state index < -0.39 is 5.60 Å². The average Bonchev–Trinajstić information content (AvgIpc) is 3.06. The van der Waals surface area contributed by atoms with Crippen LogP contribution in [0.5, 0.6) is 5.75 Å². The van der Waals surface area contributed by atoms with Crippen molar-refractivity contribution in [3.8, 4) is 5.75 Å². The van der Waals surface area contributed by atoms with Crippen molar-refractivity contribution in [2.75, 3.05) is 20.2 Å². The Balaban J connectivity index is 1.55. The second-order valence-electron chi connectivity index (χ2n) is 6.55. The van der Waals surface area contributed by atoms with Crippen LogP contribution >= 0.6 is 11.6 Å². The van der Waals surface area contributed by atoms with Crippen LogP contribution in [0.25, 0.3) is 0 Å². The van der Waals surface area contributed by atoms with E-state index in [1.807, 2.05) is 18.2 Å². The zero-order valence-corrected chi connectivity index (χ0v) is 15.9. The van der Waals surface area contributed by atoms with Gasteiger partial charge in [-0.25, -0.2) is 4.39 Å². The van der Waals surface area contributed by atoms with Gasteiger partial charge >= 0.3 is 0 Å². The van der Waals surface area contributed by atoms with E-state index in [1.165, 1.54) is 17.0 Å². The third-order valence-corrected chi connectivity index (χ3v) is 4.68. The fraction of sp³-hybridized carbons (Fsp3) is 0.300. The maximum atomic E-state index is 12.9. The molecule has 0 saturated heterocycles. The van der Waals surface area contributed by atoms with Crippen LogP contribution in [0.4, 0.5) is 4.39 Å². The molecule has 0 aromatic heterocycles. The quantitative estimate of drug-likeness (QED) is 0.751. The minimum Gasteiger partial charge on any atom is -0.492 e. The van der Waals surface area contributed by atoms with Gasteiger partial charge in [-0.2, -0.15) is 0 Å². The predicted molar refractivity (Wildman–Crippen MR) is 102 cm³/mol. The smallest absolute Gasteiger partial charge is 0.269 e.